The molecule has 2 aromatic rings. The van der Waals surface area contributed by atoms with Gasteiger partial charge in [-0.1, -0.05) is 5.11 Å². The number of nitrogens with zero attached hydrogens (tertiary/aromatic N) is 4. The molecule has 0 atom stereocenters. The van der Waals surface area contributed by atoms with Gasteiger partial charge in [0.05, 0.1) is 24.0 Å². The number of hydrogen-bond acceptors (Lipinski definition) is 3. The first-order chi connectivity index (χ1) is 8.40. The number of ether oxygens (including phenoxy) is 1. The Bertz CT molecular complexity index is 529. The lowest BCUT2D eigenvalue weighted by Crippen LogP contribution is -1.97. The summed E-state index contributed by atoms with van der Waals surface area (Å²) in [4.78, 5) is 9.86. The monoisotopic (exact) mass is 231 g/mol. The average Bonchev–Trinajstić information content (AvgIpc) is 2.81. The molecule has 0 amide bonds. The number of unbranched alkanes of at least 4 members (excludes halogenated alkanes) is 1. The average molecular weight is 231 g/mol. The molecule has 1 heterocycles. The van der Waals surface area contributed by atoms with Gasteiger partial charge in [-0.15, -0.1) is 0 Å². The fourth-order valence-electron chi connectivity index (χ4n) is 1.52. The van der Waals surface area contributed by atoms with Gasteiger partial charge in [0.25, 0.3) is 0 Å². The molecule has 0 radical (unpaired) electrons. The summed E-state index contributed by atoms with van der Waals surface area (Å²) in [6.45, 7) is 1.15. The van der Waals surface area contributed by atoms with Crippen LogP contribution in [0.3, 0.4) is 0 Å². The van der Waals surface area contributed by atoms with Crippen LogP contribution in [-0.4, -0.2) is 23.1 Å². The van der Waals surface area contributed by atoms with Crippen molar-refractivity contribution < 1.29 is 4.74 Å². The van der Waals surface area contributed by atoms with Crippen LogP contribution in [0.4, 0.5) is 0 Å². The highest BCUT2D eigenvalue weighted by Gasteiger charge is 1.98. The molecule has 0 fully saturated rings. The minimum absolute atomic E-state index is 0.527. The zero-order chi connectivity index (χ0) is 11.9. The number of H-pyrrole nitrogens is 1. The highest BCUT2D eigenvalue weighted by Crippen LogP contribution is 2.17. The zero-order valence-corrected chi connectivity index (χ0v) is 9.33. The Morgan fingerprint density at radius 2 is 2.35 bits per heavy atom. The number of rotatable bonds is 6. The highest BCUT2D eigenvalue weighted by molar-refractivity contribution is 5.75. The van der Waals surface area contributed by atoms with E-state index < -0.39 is 0 Å². The summed E-state index contributed by atoms with van der Waals surface area (Å²) in [6.07, 6.45) is 3.38. The number of hydrogen-bond donors (Lipinski definition) is 1. The predicted octanol–water partition coefficient (Wildman–Crippen LogP) is 3.03. The fourth-order valence-corrected chi connectivity index (χ4v) is 1.52. The molecule has 0 saturated heterocycles. The van der Waals surface area contributed by atoms with Crippen molar-refractivity contribution >= 4 is 11.0 Å². The van der Waals surface area contributed by atoms with Crippen LogP contribution in [-0.2, 0) is 0 Å². The summed E-state index contributed by atoms with van der Waals surface area (Å²) in [5, 5.41) is 3.46. The van der Waals surface area contributed by atoms with E-state index >= 15 is 0 Å². The van der Waals surface area contributed by atoms with Gasteiger partial charge >= 0.3 is 0 Å². The number of aromatic amines is 1. The van der Waals surface area contributed by atoms with Gasteiger partial charge in [0.1, 0.15) is 5.75 Å². The first-order valence-electron chi connectivity index (χ1n) is 5.47. The van der Waals surface area contributed by atoms with Crippen molar-refractivity contribution in [1.29, 1.82) is 0 Å². The second-order valence-corrected chi connectivity index (χ2v) is 3.59. The van der Waals surface area contributed by atoms with Crippen LogP contribution in [0.2, 0.25) is 0 Å². The molecule has 1 N–H and O–H groups in total. The number of imidazole rings is 1. The molecule has 0 spiro atoms. The Hall–Kier alpha value is -2.20. The largest absolute Gasteiger partial charge is 0.494 e. The van der Waals surface area contributed by atoms with Crippen LogP contribution < -0.4 is 4.74 Å². The van der Waals surface area contributed by atoms with Crippen molar-refractivity contribution in [2.24, 2.45) is 5.11 Å². The van der Waals surface area contributed by atoms with Crippen LogP contribution in [0, 0.1) is 0 Å². The van der Waals surface area contributed by atoms with E-state index in [-0.39, 0.29) is 0 Å². The molecule has 6 heteroatoms. The van der Waals surface area contributed by atoms with E-state index in [1.807, 2.05) is 18.2 Å². The number of benzene rings is 1. The maximum atomic E-state index is 8.10. The van der Waals surface area contributed by atoms with E-state index in [0.29, 0.717) is 13.2 Å². The molecule has 17 heavy (non-hydrogen) atoms. The summed E-state index contributed by atoms with van der Waals surface area (Å²) in [7, 11) is 0. The number of aromatic nitrogens is 2. The van der Waals surface area contributed by atoms with E-state index in [1.165, 1.54) is 0 Å². The first-order valence-corrected chi connectivity index (χ1v) is 5.47. The van der Waals surface area contributed by atoms with Crippen LogP contribution in [0.25, 0.3) is 21.5 Å². The topological polar surface area (TPSA) is 86.7 Å². The van der Waals surface area contributed by atoms with Crippen molar-refractivity contribution in [3.8, 4) is 5.75 Å². The maximum Gasteiger partial charge on any atom is 0.121 e. The standard InChI is InChI=1S/C11H13N5O/c12-16-15-5-1-2-6-17-9-3-4-10-11(7-9)14-8-13-10/h3-4,7-8H,1-2,5-6H2,(H,13,14). The molecule has 0 saturated carbocycles. The normalized spacial score (nSPS) is 10.1. The van der Waals surface area contributed by atoms with Gasteiger partial charge < -0.3 is 9.72 Å². The van der Waals surface area contributed by atoms with Crippen LogP contribution in [0.5, 0.6) is 5.75 Å². The third-order valence-electron chi connectivity index (χ3n) is 2.38. The lowest BCUT2D eigenvalue weighted by Gasteiger charge is -2.04. The predicted molar refractivity (Wildman–Crippen MR) is 64.8 cm³/mol. The maximum absolute atomic E-state index is 8.10. The summed E-state index contributed by atoms with van der Waals surface area (Å²) < 4.78 is 5.58. The Balaban J connectivity index is 1.80. The molecule has 0 aliphatic carbocycles. The van der Waals surface area contributed by atoms with E-state index in [2.05, 4.69) is 20.0 Å². The van der Waals surface area contributed by atoms with E-state index in [0.717, 1.165) is 29.6 Å². The van der Waals surface area contributed by atoms with Gasteiger partial charge in [-0.2, -0.15) is 0 Å². The number of fused-ring (bicyclic) bond motifs is 1. The van der Waals surface area contributed by atoms with E-state index in [1.54, 1.807) is 6.33 Å². The minimum atomic E-state index is 0.527. The zero-order valence-electron chi connectivity index (χ0n) is 9.33. The highest BCUT2D eigenvalue weighted by atomic mass is 16.5. The summed E-state index contributed by atoms with van der Waals surface area (Å²) in [5.41, 5.74) is 10.00. The van der Waals surface area contributed by atoms with Gasteiger partial charge in [0, 0.05) is 17.5 Å². The molecule has 88 valence electrons. The van der Waals surface area contributed by atoms with Gasteiger partial charge in [-0.25, -0.2) is 4.98 Å². The minimum Gasteiger partial charge on any atom is -0.494 e. The van der Waals surface area contributed by atoms with E-state index in [4.69, 9.17) is 10.3 Å². The smallest absolute Gasteiger partial charge is 0.121 e. The lowest BCUT2D eigenvalue weighted by molar-refractivity contribution is 0.308. The molecular weight excluding hydrogens is 218 g/mol. The van der Waals surface area contributed by atoms with Crippen LogP contribution in [0.1, 0.15) is 12.8 Å². The van der Waals surface area contributed by atoms with Crippen molar-refractivity contribution in [1.82, 2.24) is 9.97 Å². The first kappa shape index (κ1) is 11.3. The van der Waals surface area contributed by atoms with Gasteiger partial charge in [0.15, 0.2) is 0 Å². The quantitative estimate of drug-likeness (QED) is 0.358. The summed E-state index contributed by atoms with van der Waals surface area (Å²) in [5.74, 6) is 0.825. The Labute approximate surface area is 98.2 Å². The molecular formula is C11H13N5O. The second kappa shape index (κ2) is 5.77. The molecule has 1 aromatic heterocycles. The Morgan fingerprint density at radius 3 is 3.24 bits per heavy atom. The van der Waals surface area contributed by atoms with Gasteiger partial charge in [-0.3, -0.25) is 0 Å². The molecule has 0 aliphatic heterocycles. The van der Waals surface area contributed by atoms with Crippen molar-refractivity contribution in [3.63, 3.8) is 0 Å². The Morgan fingerprint density at radius 1 is 1.41 bits per heavy atom. The van der Waals surface area contributed by atoms with Crippen molar-refractivity contribution in [3.05, 3.63) is 35.0 Å². The van der Waals surface area contributed by atoms with Gasteiger partial charge in [0.2, 0.25) is 0 Å². The van der Waals surface area contributed by atoms with Crippen LogP contribution in [0.15, 0.2) is 29.6 Å². The number of nitrogens with one attached hydrogen (secondary N) is 1. The second-order valence-electron chi connectivity index (χ2n) is 3.59. The number of azide groups is 1. The molecule has 0 aliphatic rings. The van der Waals surface area contributed by atoms with Crippen LogP contribution >= 0.6 is 0 Å². The molecule has 6 nitrogen and oxygen atoms in total. The molecule has 1 aromatic carbocycles. The third-order valence-corrected chi connectivity index (χ3v) is 2.38. The lowest BCUT2D eigenvalue weighted by atomic mass is 10.3. The molecule has 0 unspecified atom stereocenters. The molecule has 2 rings (SSSR count). The third kappa shape index (κ3) is 3.12. The fraction of sp³-hybridized carbons (Fsp3) is 0.364. The van der Waals surface area contributed by atoms with Gasteiger partial charge in [-0.05, 0) is 30.5 Å². The van der Waals surface area contributed by atoms with E-state index in [9.17, 15) is 0 Å². The SMILES string of the molecule is [N-]=[N+]=NCCCCOc1ccc2nc[nH]c2c1. The van der Waals surface area contributed by atoms with Crippen molar-refractivity contribution in [2.45, 2.75) is 12.8 Å². The molecule has 0 bridgehead atoms. The summed E-state index contributed by atoms with van der Waals surface area (Å²) in [6, 6.07) is 5.74. The van der Waals surface area contributed by atoms with Crippen molar-refractivity contribution in [2.75, 3.05) is 13.2 Å². The Kier molecular flexibility index (Phi) is 3.83. The summed E-state index contributed by atoms with van der Waals surface area (Å²) >= 11 is 0.